The molecule has 1 aromatic heterocycles. The topological polar surface area (TPSA) is 48.3 Å². The second-order valence-corrected chi connectivity index (χ2v) is 6.14. The zero-order valence-corrected chi connectivity index (χ0v) is 14.3. The van der Waals surface area contributed by atoms with Crippen LogP contribution in [0.2, 0.25) is 0 Å². The molecule has 0 saturated heterocycles. The van der Waals surface area contributed by atoms with E-state index in [1.165, 1.54) is 7.11 Å². The van der Waals surface area contributed by atoms with E-state index in [1.54, 1.807) is 12.1 Å². The van der Waals surface area contributed by atoms with Crippen molar-refractivity contribution in [1.29, 1.82) is 0 Å². The molecule has 0 bridgehead atoms. The third-order valence-corrected chi connectivity index (χ3v) is 4.59. The van der Waals surface area contributed by atoms with Crippen molar-refractivity contribution in [2.75, 3.05) is 7.11 Å². The van der Waals surface area contributed by atoms with Crippen LogP contribution in [0.25, 0.3) is 21.8 Å². The average molecular weight is 343 g/mol. The number of carbonyl (C=O) groups excluding carboxylic acids is 1. The summed E-state index contributed by atoms with van der Waals surface area (Å²) < 4.78 is 6.88. The smallest absolute Gasteiger partial charge is 0.337 e. The molecule has 0 aliphatic rings. The number of carbonyl (C=O) groups is 1. The van der Waals surface area contributed by atoms with Crippen molar-refractivity contribution in [2.24, 2.45) is 0 Å². The number of hydrogen-bond acceptors (Lipinski definition) is 3. The Bertz CT molecular complexity index is 1110. The quantitative estimate of drug-likeness (QED) is 0.417. The Labute approximate surface area is 150 Å². The number of para-hydroxylation sites is 2. The SMILES string of the molecule is COC(=O)c1ccc(Cn2c3ccccc3c(=O)c3ccccc32)cc1. The van der Waals surface area contributed by atoms with Gasteiger partial charge in [0.15, 0.2) is 5.43 Å². The molecule has 26 heavy (non-hydrogen) atoms. The lowest BCUT2D eigenvalue weighted by Crippen LogP contribution is -2.12. The Balaban J connectivity index is 1.89. The molecule has 4 aromatic rings. The van der Waals surface area contributed by atoms with Gasteiger partial charge in [0.25, 0.3) is 0 Å². The van der Waals surface area contributed by atoms with Crippen LogP contribution in [0.3, 0.4) is 0 Å². The van der Waals surface area contributed by atoms with Crippen molar-refractivity contribution in [3.63, 3.8) is 0 Å². The number of rotatable bonds is 3. The van der Waals surface area contributed by atoms with Crippen molar-refractivity contribution in [3.05, 3.63) is 94.1 Å². The Morgan fingerprint density at radius 1 is 0.846 bits per heavy atom. The second-order valence-electron chi connectivity index (χ2n) is 6.14. The fraction of sp³-hybridized carbons (Fsp3) is 0.0909. The third-order valence-electron chi connectivity index (χ3n) is 4.59. The molecule has 4 heteroatoms. The summed E-state index contributed by atoms with van der Waals surface area (Å²) in [5.41, 5.74) is 3.40. The fourth-order valence-electron chi connectivity index (χ4n) is 3.29. The minimum atomic E-state index is -0.351. The summed E-state index contributed by atoms with van der Waals surface area (Å²) in [6.45, 7) is 0.600. The number of esters is 1. The highest BCUT2D eigenvalue weighted by Crippen LogP contribution is 2.21. The monoisotopic (exact) mass is 343 g/mol. The van der Waals surface area contributed by atoms with E-state index in [1.807, 2.05) is 60.7 Å². The van der Waals surface area contributed by atoms with Crippen molar-refractivity contribution in [2.45, 2.75) is 6.54 Å². The van der Waals surface area contributed by atoms with Crippen molar-refractivity contribution in [1.82, 2.24) is 4.57 Å². The van der Waals surface area contributed by atoms with Crippen LogP contribution in [-0.4, -0.2) is 17.6 Å². The number of methoxy groups -OCH3 is 1. The van der Waals surface area contributed by atoms with Crippen LogP contribution in [0.4, 0.5) is 0 Å². The van der Waals surface area contributed by atoms with E-state index in [4.69, 9.17) is 4.74 Å². The van der Waals surface area contributed by atoms with Crippen LogP contribution in [0.5, 0.6) is 0 Å². The van der Waals surface area contributed by atoms with Crippen LogP contribution in [0, 0.1) is 0 Å². The van der Waals surface area contributed by atoms with Gasteiger partial charge >= 0.3 is 5.97 Å². The summed E-state index contributed by atoms with van der Waals surface area (Å²) in [7, 11) is 1.37. The zero-order valence-electron chi connectivity index (χ0n) is 14.3. The van der Waals surface area contributed by atoms with Gasteiger partial charge in [0, 0.05) is 17.3 Å². The Kier molecular flexibility index (Phi) is 4.01. The Hall–Kier alpha value is -3.40. The van der Waals surface area contributed by atoms with Gasteiger partial charge in [0.05, 0.1) is 23.7 Å². The zero-order chi connectivity index (χ0) is 18.1. The van der Waals surface area contributed by atoms with Crippen LogP contribution in [0.1, 0.15) is 15.9 Å². The lowest BCUT2D eigenvalue weighted by molar-refractivity contribution is 0.0600. The molecule has 0 aliphatic carbocycles. The van der Waals surface area contributed by atoms with Gasteiger partial charge in [0.2, 0.25) is 0 Å². The first-order chi connectivity index (χ1) is 12.7. The Morgan fingerprint density at radius 3 is 1.92 bits per heavy atom. The summed E-state index contributed by atoms with van der Waals surface area (Å²) in [6.07, 6.45) is 0. The minimum Gasteiger partial charge on any atom is -0.465 e. The van der Waals surface area contributed by atoms with E-state index in [9.17, 15) is 9.59 Å². The van der Waals surface area contributed by atoms with E-state index in [0.717, 1.165) is 16.6 Å². The number of ether oxygens (including phenoxy) is 1. The molecular formula is C22H17NO3. The fourth-order valence-corrected chi connectivity index (χ4v) is 3.29. The van der Waals surface area contributed by atoms with Gasteiger partial charge in [-0.2, -0.15) is 0 Å². The predicted octanol–water partition coefficient (Wildman–Crippen LogP) is 3.99. The first-order valence-corrected chi connectivity index (χ1v) is 8.36. The molecule has 0 radical (unpaired) electrons. The molecule has 0 spiro atoms. The first-order valence-electron chi connectivity index (χ1n) is 8.36. The molecule has 0 unspecified atom stereocenters. The maximum Gasteiger partial charge on any atom is 0.337 e. The normalized spacial score (nSPS) is 11.0. The highest BCUT2D eigenvalue weighted by atomic mass is 16.5. The Morgan fingerprint density at radius 2 is 1.38 bits per heavy atom. The van der Waals surface area contributed by atoms with E-state index >= 15 is 0 Å². The highest BCUT2D eigenvalue weighted by molar-refractivity contribution is 5.93. The van der Waals surface area contributed by atoms with E-state index in [2.05, 4.69) is 4.57 Å². The van der Waals surface area contributed by atoms with Gasteiger partial charge in [-0.25, -0.2) is 4.79 Å². The molecule has 4 nitrogen and oxygen atoms in total. The molecule has 0 saturated carbocycles. The molecular weight excluding hydrogens is 326 g/mol. The number of aromatic nitrogens is 1. The van der Waals surface area contributed by atoms with Crippen LogP contribution < -0.4 is 5.43 Å². The van der Waals surface area contributed by atoms with Crippen LogP contribution in [-0.2, 0) is 11.3 Å². The number of fused-ring (bicyclic) bond motifs is 2. The molecule has 0 amide bonds. The largest absolute Gasteiger partial charge is 0.465 e. The van der Waals surface area contributed by atoms with Crippen molar-refractivity contribution < 1.29 is 9.53 Å². The van der Waals surface area contributed by atoms with E-state index < -0.39 is 0 Å². The molecule has 0 atom stereocenters. The van der Waals surface area contributed by atoms with Crippen molar-refractivity contribution in [3.8, 4) is 0 Å². The summed E-state index contributed by atoms with van der Waals surface area (Å²) in [5.74, 6) is -0.351. The van der Waals surface area contributed by atoms with Gasteiger partial charge in [0.1, 0.15) is 0 Å². The molecule has 0 fully saturated rings. The van der Waals surface area contributed by atoms with Gasteiger partial charge in [-0.3, -0.25) is 4.79 Å². The summed E-state index contributed by atoms with van der Waals surface area (Å²) in [5, 5.41) is 1.41. The molecule has 4 rings (SSSR count). The van der Waals surface area contributed by atoms with Gasteiger partial charge in [-0.05, 0) is 42.0 Å². The lowest BCUT2D eigenvalue weighted by Gasteiger charge is -2.15. The molecule has 0 aliphatic heterocycles. The average Bonchev–Trinajstić information content (AvgIpc) is 2.71. The first kappa shape index (κ1) is 16.1. The number of nitrogens with zero attached hydrogens (tertiary/aromatic N) is 1. The highest BCUT2D eigenvalue weighted by Gasteiger charge is 2.11. The number of pyridine rings is 1. The summed E-state index contributed by atoms with van der Waals surface area (Å²) in [4.78, 5) is 24.4. The van der Waals surface area contributed by atoms with Crippen LogP contribution in [0.15, 0.2) is 77.6 Å². The van der Waals surface area contributed by atoms with Gasteiger partial charge in [-0.1, -0.05) is 36.4 Å². The van der Waals surface area contributed by atoms with Crippen LogP contribution >= 0.6 is 0 Å². The molecule has 0 N–H and O–H groups in total. The van der Waals surface area contributed by atoms with Gasteiger partial charge in [-0.15, -0.1) is 0 Å². The van der Waals surface area contributed by atoms with Crippen molar-refractivity contribution >= 4 is 27.8 Å². The standard InChI is InChI=1S/C22H17NO3/c1-26-22(25)16-12-10-15(11-13-16)14-23-19-8-4-2-6-17(19)21(24)18-7-3-5-9-20(18)23/h2-13H,14H2,1H3. The lowest BCUT2D eigenvalue weighted by atomic mass is 10.1. The minimum absolute atomic E-state index is 0.0495. The molecule has 3 aromatic carbocycles. The number of hydrogen-bond donors (Lipinski definition) is 0. The van der Waals surface area contributed by atoms with E-state index in [0.29, 0.717) is 22.9 Å². The summed E-state index contributed by atoms with van der Waals surface area (Å²) in [6, 6.07) is 22.6. The molecule has 128 valence electrons. The van der Waals surface area contributed by atoms with E-state index in [-0.39, 0.29) is 11.4 Å². The maximum atomic E-state index is 12.8. The van der Waals surface area contributed by atoms with Gasteiger partial charge < -0.3 is 9.30 Å². The molecule has 1 heterocycles. The second kappa shape index (κ2) is 6.48. The predicted molar refractivity (Wildman–Crippen MR) is 103 cm³/mol. The maximum absolute atomic E-state index is 12.8. The third kappa shape index (κ3) is 2.65. The summed E-state index contributed by atoms with van der Waals surface area (Å²) >= 11 is 0. The number of benzene rings is 3.